The molecule has 4 aromatic carbocycles. The molecule has 0 aliphatic carbocycles. The van der Waals surface area contributed by atoms with Crippen LogP contribution in [-0.2, 0) is 49.5 Å². The van der Waals surface area contributed by atoms with Gasteiger partial charge in [-0.15, -0.1) is 0 Å². The lowest BCUT2D eigenvalue weighted by molar-refractivity contribution is -0.188. The molecule has 4 atom stereocenters. The van der Waals surface area contributed by atoms with Crippen LogP contribution >= 0.6 is 0 Å². The van der Waals surface area contributed by atoms with Crippen molar-refractivity contribution in [2.75, 3.05) is 26.9 Å². The van der Waals surface area contributed by atoms with Crippen molar-refractivity contribution in [2.45, 2.75) is 95.9 Å². The van der Waals surface area contributed by atoms with E-state index in [1.165, 1.54) is 23.8 Å². The van der Waals surface area contributed by atoms with Crippen molar-refractivity contribution >= 4 is 22.9 Å². The first-order valence-electron chi connectivity index (χ1n) is 21.2. The van der Waals surface area contributed by atoms with E-state index in [1.54, 1.807) is 39.0 Å². The molecule has 1 aromatic heterocycles. The van der Waals surface area contributed by atoms with Crippen LogP contribution < -0.4 is 10.4 Å². The Bertz CT molecular complexity index is 2410. The summed E-state index contributed by atoms with van der Waals surface area (Å²) in [5.74, 6) is -1.36. The van der Waals surface area contributed by atoms with Crippen molar-refractivity contribution < 1.29 is 43.2 Å². The summed E-state index contributed by atoms with van der Waals surface area (Å²) >= 11 is 0. The highest BCUT2D eigenvalue weighted by molar-refractivity contribution is 5.90. The van der Waals surface area contributed by atoms with E-state index in [-0.39, 0.29) is 49.7 Å². The zero-order valence-corrected chi connectivity index (χ0v) is 35.5. The average Bonchev–Trinajstić information content (AvgIpc) is 3.24. The molecular formula is C51H56O10. The lowest BCUT2D eigenvalue weighted by atomic mass is 9.86. The maximum atomic E-state index is 14.5. The number of benzene rings is 4. The number of aliphatic hydroxyl groups is 2. The van der Waals surface area contributed by atoms with Crippen LogP contribution in [0.15, 0.2) is 117 Å². The molecule has 2 N–H and O–H groups in total. The van der Waals surface area contributed by atoms with Crippen molar-refractivity contribution in [3.8, 4) is 5.75 Å². The summed E-state index contributed by atoms with van der Waals surface area (Å²) in [5, 5.41) is 20.5. The maximum absolute atomic E-state index is 14.5. The van der Waals surface area contributed by atoms with Gasteiger partial charge >= 0.3 is 17.6 Å². The van der Waals surface area contributed by atoms with Gasteiger partial charge in [0, 0.05) is 42.6 Å². The average molecular weight is 829 g/mol. The number of rotatable bonds is 11. The number of aryl methyl sites for hydroxylation is 2. The van der Waals surface area contributed by atoms with Crippen LogP contribution in [0.5, 0.6) is 5.75 Å². The summed E-state index contributed by atoms with van der Waals surface area (Å²) in [4.78, 5) is 42.5. The van der Waals surface area contributed by atoms with Gasteiger partial charge in [0.1, 0.15) is 16.9 Å². The number of fused-ring (bicyclic) bond motifs is 13. The lowest BCUT2D eigenvalue weighted by Gasteiger charge is -2.43. The third-order valence-electron chi connectivity index (χ3n) is 12.1. The highest BCUT2D eigenvalue weighted by atomic mass is 16.6. The van der Waals surface area contributed by atoms with Gasteiger partial charge in [0.15, 0.2) is 12.2 Å². The number of carbonyl (C=O) groups is 2. The van der Waals surface area contributed by atoms with Crippen molar-refractivity contribution in [2.24, 2.45) is 5.92 Å². The largest absolute Gasteiger partial charge is 0.483 e. The molecule has 320 valence electrons. The van der Waals surface area contributed by atoms with Crippen LogP contribution in [0.4, 0.5) is 0 Å². The Kier molecular flexibility index (Phi) is 13.9. The van der Waals surface area contributed by atoms with Gasteiger partial charge in [0.05, 0.1) is 18.8 Å². The summed E-state index contributed by atoms with van der Waals surface area (Å²) in [6.07, 6.45) is 1.74. The zero-order chi connectivity index (χ0) is 43.1. The van der Waals surface area contributed by atoms with Gasteiger partial charge in [-0.2, -0.15) is 0 Å². The predicted octanol–water partition coefficient (Wildman–Crippen LogP) is 8.30. The minimum Gasteiger partial charge on any atom is -0.483 e. The van der Waals surface area contributed by atoms with Gasteiger partial charge in [-0.1, -0.05) is 78.9 Å². The van der Waals surface area contributed by atoms with Gasteiger partial charge in [-0.25, -0.2) is 9.59 Å². The predicted molar refractivity (Wildman–Crippen MR) is 233 cm³/mol. The minimum atomic E-state index is -1.22. The molecule has 3 aliphatic rings. The third-order valence-corrected chi connectivity index (χ3v) is 12.1. The number of methoxy groups -OCH3 is 1. The van der Waals surface area contributed by atoms with Crippen molar-refractivity contribution in [3.63, 3.8) is 0 Å². The quantitative estimate of drug-likeness (QED) is 0.0759. The van der Waals surface area contributed by atoms with Gasteiger partial charge in [0.2, 0.25) is 0 Å². The molecule has 4 unspecified atom stereocenters. The van der Waals surface area contributed by atoms with Crippen LogP contribution in [0.3, 0.4) is 0 Å². The Morgan fingerprint density at radius 2 is 1.57 bits per heavy atom. The van der Waals surface area contributed by atoms with Crippen LogP contribution in [0, 0.1) is 5.92 Å². The molecule has 0 radical (unpaired) electrons. The second-order valence-electron chi connectivity index (χ2n) is 17.0. The Morgan fingerprint density at radius 1 is 0.836 bits per heavy atom. The third kappa shape index (κ3) is 10.3. The smallest absolute Gasteiger partial charge is 0.339 e. The molecule has 3 aliphatic heterocycles. The highest BCUT2D eigenvalue weighted by Crippen LogP contribution is 2.47. The molecular weight excluding hydrogens is 773 g/mol. The van der Waals surface area contributed by atoms with E-state index < -0.39 is 41.3 Å². The summed E-state index contributed by atoms with van der Waals surface area (Å²) in [6, 6.07) is 32.4. The van der Waals surface area contributed by atoms with Gasteiger partial charge < -0.3 is 33.6 Å². The van der Waals surface area contributed by atoms with Crippen molar-refractivity contribution in [1.82, 2.24) is 0 Å². The van der Waals surface area contributed by atoms with Crippen molar-refractivity contribution in [3.05, 3.63) is 158 Å². The van der Waals surface area contributed by atoms with E-state index in [4.69, 9.17) is 23.4 Å². The van der Waals surface area contributed by atoms with Gasteiger partial charge in [-0.05, 0) is 123 Å². The maximum Gasteiger partial charge on any atom is 0.339 e. The Morgan fingerprint density at radius 3 is 2.31 bits per heavy atom. The number of carbonyl (C=O) groups excluding carboxylic acids is 2. The number of esters is 2. The number of ether oxygens (including phenoxy) is 4. The first-order chi connectivity index (χ1) is 29.5. The molecule has 0 saturated heterocycles. The molecule has 5 aromatic rings. The second-order valence-corrected chi connectivity index (χ2v) is 17.0. The topological polar surface area (TPSA) is 142 Å². The lowest BCUT2D eigenvalue weighted by Crippen LogP contribution is -2.52. The van der Waals surface area contributed by atoms with Crippen LogP contribution in [0.25, 0.3) is 11.0 Å². The monoisotopic (exact) mass is 828 g/mol. The molecule has 2 bridgehead atoms. The first kappa shape index (κ1) is 43.5. The summed E-state index contributed by atoms with van der Waals surface area (Å²) in [7, 11) is 1.53. The standard InChI is InChI=1S/C51H56O10/c1-32(30-53)41-21-19-33-13-15-36(16-14-33)27-38(18-17-35-11-8-12-37(26-35)25-34-9-6-5-7-10-34)28-44(54)58-47-45-43(61-51(2,3)48(47)60-49(41)55)22-20-39-29-42(50(56)59-46(39)45)40(23-24-52)31-57-4/h5-16,20,22,26,29,38,40,47-48,52-53H,17-19,21,23-25,27-28,30-31H2,1-4H3. The van der Waals surface area contributed by atoms with Gasteiger partial charge in [0.25, 0.3) is 0 Å². The zero-order valence-electron chi connectivity index (χ0n) is 35.5. The SMILES string of the molecule is COCC(CCO)c1cc2ccc3c(c2oc1=O)C1OC(=O)CC(CCc2cccc(Cc4ccccc4)c2)Cc2ccc(cc2)CCC(=C(C)CO)C(=O)OC1C(C)(C)O3. The van der Waals surface area contributed by atoms with Crippen LogP contribution in [0.1, 0.15) is 97.4 Å². The molecule has 10 nitrogen and oxygen atoms in total. The Labute approximate surface area is 357 Å². The summed E-state index contributed by atoms with van der Waals surface area (Å²) < 4.78 is 30.8. The van der Waals surface area contributed by atoms with E-state index in [0.29, 0.717) is 53.5 Å². The molecule has 0 spiro atoms. The molecule has 8 rings (SSSR count). The van der Waals surface area contributed by atoms with E-state index in [0.717, 1.165) is 24.0 Å². The fourth-order valence-corrected chi connectivity index (χ4v) is 8.73. The molecule has 0 amide bonds. The Balaban J connectivity index is 1.27. The number of hydrogen-bond acceptors (Lipinski definition) is 10. The van der Waals surface area contributed by atoms with E-state index in [2.05, 4.69) is 60.7 Å². The fraction of sp³-hybridized carbons (Fsp3) is 0.392. The number of aliphatic hydroxyl groups excluding tert-OH is 2. The first-order valence-corrected chi connectivity index (χ1v) is 21.2. The molecule has 0 fully saturated rings. The second kappa shape index (κ2) is 19.4. The highest BCUT2D eigenvalue weighted by Gasteiger charge is 2.50. The van der Waals surface area contributed by atoms with Crippen LogP contribution in [-0.4, -0.2) is 60.8 Å². The van der Waals surface area contributed by atoms with Gasteiger partial charge in [-0.3, -0.25) is 4.79 Å². The fourth-order valence-electron chi connectivity index (χ4n) is 8.73. The molecule has 61 heavy (non-hydrogen) atoms. The molecule has 10 heteroatoms. The van der Waals surface area contributed by atoms with E-state index in [1.807, 2.05) is 18.2 Å². The summed E-state index contributed by atoms with van der Waals surface area (Å²) in [5.41, 5.74) is 5.47. The summed E-state index contributed by atoms with van der Waals surface area (Å²) in [6.45, 7) is 4.93. The normalized spacial score (nSPS) is 20.5. The van der Waals surface area contributed by atoms with Crippen LogP contribution in [0.2, 0.25) is 0 Å². The minimum absolute atomic E-state index is 0.0761. The molecule has 0 saturated carbocycles. The van der Waals surface area contributed by atoms with E-state index in [9.17, 15) is 24.6 Å². The van der Waals surface area contributed by atoms with E-state index >= 15 is 0 Å². The Hall–Kier alpha value is -5.55. The van der Waals surface area contributed by atoms with Crippen molar-refractivity contribution in [1.29, 1.82) is 0 Å². The molecule has 4 heterocycles. The number of hydrogen-bond donors (Lipinski definition) is 2.